The van der Waals surface area contributed by atoms with Crippen molar-refractivity contribution in [2.24, 2.45) is 0 Å². The third-order valence-electron chi connectivity index (χ3n) is 4.97. The highest BCUT2D eigenvalue weighted by molar-refractivity contribution is 7.92. The third kappa shape index (κ3) is 5.25. The highest BCUT2D eigenvalue weighted by Crippen LogP contribution is 2.34. The van der Waals surface area contributed by atoms with Crippen LogP contribution in [0, 0.1) is 5.82 Å². The van der Waals surface area contributed by atoms with E-state index in [2.05, 4.69) is 20.0 Å². The van der Waals surface area contributed by atoms with Crippen LogP contribution < -0.4 is 19.5 Å². The Morgan fingerprint density at radius 3 is 1.97 bits per heavy atom. The number of fused-ring (bicyclic) bond motifs is 1. The molecule has 0 aliphatic rings. The maximum absolute atomic E-state index is 13.7. The molecule has 2 N–H and O–H groups in total. The van der Waals surface area contributed by atoms with Gasteiger partial charge in [0.15, 0.2) is 11.6 Å². The first-order valence-corrected chi connectivity index (χ1v) is 11.6. The fraction of sp³-hybridized carbons (Fsp3) is 0.130. The second kappa shape index (κ2) is 9.49. The lowest BCUT2D eigenvalue weighted by atomic mass is 10.2. The van der Waals surface area contributed by atoms with Crippen molar-refractivity contribution in [3.8, 4) is 11.5 Å². The summed E-state index contributed by atoms with van der Waals surface area (Å²) in [7, 11) is -1.73. The third-order valence-corrected chi connectivity index (χ3v) is 6.31. The number of aromatic nitrogens is 2. The number of para-hydroxylation sites is 2. The van der Waals surface area contributed by atoms with Gasteiger partial charge in [-0.2, -0.15) is 13.2 Å². The van der Waals surface area contributed by atoms with Gasteiger partial charge in [-0.05, 0) is 30.3 Å². The first kappa shape index (κ1) is 25.0. The van der Waals surface area contributed by atoms with Gasteiger partial charge in [0.1, 0.15) is 17.3 Å². The van der Waals surface area contributed by atoms with Crippen LogP contribution in [0.3, 0.4) is 0 Å². The average Bonchev–Trinajstić information content (AvgIpc) is 2.83. The first-order valence-electron chi connectivity index (χ1n) is 10.2. The van der Waals surface area contributed by atoms with Gasteiger partial charge in [0.25, 0.3) is 10.0 Å². The van der Waals surface area contributed by atoms with Crippen molar-refractivity contribution in [2.75, 3.05) is 24.3 Å². The van der Waals surface area contributed by atoms with Gasteiger partial charge < -0.3 is 14.8 Å². The Hall–Kier alpha value is -4.13. The number of hydrogen-bond acceptors (Lipinski definition) is 7. The van der Waals surface area contributed by atoms with Crippen LogP contribution >= 0.6 is 0 Å². The molecular formula is C23H18F4N4O4S. The summed E-state index contributed by atoms with van der Waals surface area (Å²) in [5.74, 6) is -1.09. The highest BCUT2D eigenvalue weighted by Gasteiger charge is 2.35. The van der Waals surface area contributed by atoms with Gasteiger partial charge in [0, 0.05) is 23.9 Å². The maximum Gasteiger partial charge on any atom is 0.419 e. The number of nitrogens with zero attached hydrogens (tertiary/aromatic N) is 2. The van der Waals surface area contributed by atoms with Crippen LogP contribution in [0.15, 0.2) is 65.6 Å². The number of sulfonamides is 1. The van der Waals surface area contributed by atoms with Crippen LogP contribution in [0.5, 0.6) is 11.5 Å². The summed E-state index contributed by atoms with van der Waals surface area (Å²) in [5.41, 5.74) is -0.577. The summed E-state index contributed by atoms with van der Waals surface area (Å²) < 4.78 is 91.7. The van der Waals surface area contributed by atoms with Crippen molar-refractivity contribution >= 4 is 38.4 Å². The average molecular weight is 522 g/mol. The van der Waals surface area contributed by atoms with E-state index in [9.17, 15) is 26.0 Å². The van der Waals surface area contributed by atoms with Crippen molar-refractivity contribution in [3.63, 3.8) is 0 Å². The lowest BCUT2D eigenvalue weighted by Gasteiger charge is -2.16. The maximum atomic E-state index is 13.7. The van der Waals surface area contributed by atoms with Crippen LogP contribution in [0.25, 0.3) is 11.0 Å². The Bertz CT molecular complexity index is 1520. The number of hydrogen-bond donors (Lipinski definition) is 2. The Morgan fingerprint density at radius 2 is 1.42 bits per heavy atom. The zero-order valence-corrected chi connectivity index (χ0v) is 19.5. The number of alkyl halides is 3. The van der Waals surface area contributed by atoms with Gasteiger partial charge in [0.2, 0.25) is 0 Å². The molecule has 0 unspecified atom stereocenters. The van der Waals surface area contributed by atoms with E-state index < -0.39 is 32.5 Å². The minimum Gasteiger partial charge on any atom is -0.497 e. The number of rotatable bonds is 7. The van der Waals surface area contributed by atoms with Gasteiger partial charge in [-0.15, -0.1) is 0 Å². The quantitative estimate of drug-likeness (QED) is 0.316. The smallest absolute Gasteiger partial charge is 0.419 e. The Kier molecular flexibility index (Phi) is 6.59. The Labute approximate surface area is 203 Å². The molecule has 0 bridgehead atoms. The second-order valence-electron chi connectivity index (χ2n) is 7.38. The molecule has 13 heteroatoms. The zero-order chi connectivity index (χ0) is 26.1. The summed E-state index contributed by atoms with van der Waals surface area (Å²) in [6.07, 6.45) is -5.09. The highest BCUT2D eigenvalue weighted by atomic mass is 32.2. The number of halogens is 4. The first-order chi connectivity index (χ1) is 17.0. The molecule has 1 aromatic heterocycles. The Morgan fingerprint density at radius 1 is 0.833 bits per heavy atom. The minimum absolute atomic E-state index is 0.0502. The van der Waals surface area contributed by atoms with E-state index in [0.29, 0.717) is 34.3 Å². The molecule has 0 atom stereocenters. The van der Waals surface area contributed by atoms with Gasteiger partial charge in [-0.25, -0.2) is 22.8 Å². The van der Waals surface area contributed by atoms with E-state index in [1.54, 1.807) is 42.5 Å². The molecule has 8 nitrogen and oxygen atoms in total. The van der Waals surface area contributed by atoms with Gasteiger partial charge in [-0.1, -0.05) is 12.1 Å². The molecule has 188 valence electrons. The molecule has 4 aromatic rings. The van der Waals surface area contributed by atoms with Crippen LogP contribution in [0.4, 0.5) is 34.9 Å². The van der Waals surface area contributed by atoms with E-state index in [0.717, 1.165) is 6.07 Å². The van der Waals surface area contributed by atoms with Crippen LogP contribution in [0.1, 0.15) is 5.56 Å². The van der Waals surface area contributed by atoms with E-state index in [-0.39, 0.29) is 17.7 Å². The lowest BCUT2D eigenvalue weighted by Crippen LogP contribution is -2.17. The summed E-state index contributed by atoms with van der Waals surface area (Å²) in [5, 5.41) is 2.93. The monoisotopic (exact) mass is 522 g/mol. The molecule has 0 amide bonds. The van der Waals surface area contributed by atoms with Crippen LogP contribution in [-0.2, 0) is 16.2 Å². The molecule has 0 saturated heterocycles. The van der Waals surface area contributed by atoms with E-state index in [1.165, 1.54) is 14.2 Å². The molecule has 1 heterocycles. The largest absolute Gasteiger partial charge is 0.497 e. The summed E-state index contributed by atoms with van der Waals surface area (Å²) in [4.78, 5) is 7.88. The predicted octanol–water partition coefficient (Wildman–Crippen LogP) is 5.35. The van der Waals surface area contributed by atoms with E-state index in [4.69, 9.17) is 9.47 Å². The molecule has 3 aromatic carbocycles. The topological polar surface area (TPSA) is 102 Å². The van der Waals surface area contributed by atoms with Crippen molar-refractivity contribution in [2.45, 2.75) is 11.1 Å². The summed E-state index contributed by atoms with van der Waals surface area (Å²) in [6, 6.07) is 12.8. The SMILES string of the molecule is COc1cc(Nc2nc3ccccc3nc2NS(=O)(=O)c2ccc(F)c(C(F)(F)F)c2)cc(OC)c1. The standard InChI is InChI=1S/C23H18F4N4O4S/c1-34-14-9-13(10-15(11-14)35-2)28-21-22(30-20-6-4-3-5-19(20)29-21)31-36(32,33)16-7-8-18(24)17(12-16)23(25,26)27/h3-12H,1-2H3,(H,28,29)(H,30,31). The molecule has 0 aliphatic carbocycles. The predicted molar refractivity (Wildman–Crippen MR) is 125 cm³/mol. The van der Waals surface area contributed by atoms with Crippen LogP contribution in [0.2, 0.25) is 0 Å². The normalized spacial score (nSPS) is 11.8. The molecule has 0 aliphatic heterocycles. The van der Waals surface area contributed by atoms with E-state index in [1.807, 2.05) is 0 Å². The van der Waals surface area contributed by atoms with Crippen molar-refractivity contribution in [1.29, 1.82) is 0 Å². The molecule has 0 fully saturated rings. The number of nitrogens with one attached hydrogen (secondary N) is 2. The van der Waals surface area contributed by atoms with Crippen molar-refractivity contribution in [1.82, 2.24) is 9.97 Å². The molecular weight excluding hydrogens is 504 g/mol. The van der Waals surface area contributed by atoms with Gasteiger partial charge >= 0.3 is 6.18 Å². The van der Waals surface area contributed by atoms with Gasteiger partial charge in [0.05, 0.1) is 35.7 Å². The molecule has 0 saturated carbocycles. The Balaban J connectivity index is 1.79. The molecule has 4 rings (SSSR count). The van der Waals surface area contributed by atoms with Crippen LogP contribution in [-0.4, -0.2) is 32.6 Å². The lowest BCUT2D eigenvalue weighted by molar-refractivity contribution is -0.140. The number of methoxy groups -OCH3 is 2. The minimum atomic E-state index is -5.09. The fourth-order valence-corrected chi connectivity index (χ4v) is 4.28. The van der Waals surface area contributed by atoms with Gasteiger partial charge in [-0.3, -0.25) is 4.72 Å². The second-order valence-corrected chi connectivity index (χ2v) is 9.06. The summed E-state index contributed by atoms with van der Waals surface area (Å²) in [6.45, 7) is 0. The number of benzene rings is 3. The fourth-order valence-electron chi connectivity index (χ4n) is 3.25. The molecule has 0 radical (unpaired) electrons. The van der Waals surface area contributed by atoms with Crippen molar-refractivity contribution in [3.05, 3.63) is 72.0 Å². The number of anilines is 3. The van der Waals surface area contributed by atoms with E-state index >= 15 is 0 Å². The molecule has 0 spiro atoms. The van der Waals surface area contributed by atoms with Crippen molar-refractivity contribution < 1.29 is 35.5 Å². The molecule has 36 heavy (non-hydrogen) atoms. The zero-order valence-electron chi connectivity index (χ0n) is 18.7. The summed E-state index contributed by atoms with van der Waals surface area (Å²) >= 11 is 0. The number of ether oxygens (including phenoxy) is 2.